The molecule has 9 heteroatoms. The van der Waals surface area contributed by atoms with Crippen molar-refractivity contribution >= 4 is 51.9 Å². The number of ether oxygens (including phenoxy) is 3. The summed E-state index contributed by atoms with van der Waals surface area (Å²) in [4.78, 5) is 27.4. The maximum atomic E-state index is 12.9. The Labute approximate surface area is 214 Å². The molecule has 4 rings (SSSR count). The van der Waals surface area contributed by atoms with Gasteiger partial charge < -0.3 is 19.5 Å². The summed E-state index contributed by atoms with van der Waals surface area (Å²) < 4.78 is 17.3. The lowest BCUT2D eigenvalue weighted by molar-refractivity contribution is -0.123. The third kappa shape index (κ3) is 6.42. The van der Waals surface area contributed by atoms with Crippen LogP contribution in [0.15, 0.2) is 47.4 Å². The average molecular weight is 513 g/mol. The normalized spacial score (nSPS) is 18.9. The summed E-state index contributed by atoms with van der Waals surface area (Å²) in [5.74, 6) is 0.523. The van der Waals surface area contributed by atoms with Crippen molar-refractivity contribution in [2.75, 3.05) is 32.2 Å². The Kier molecular flexibility index (Phi) is 8.43. The molecule has 184 valence electrons. The quantitative estimate of drug-likeness (QED) is 0.387. The van der Waals surface area contributed by atoms with Crippen molar-refractivity contribution in [2.24, 2.45) is 0 Å². The first-order valence-corrected chi connectivity index (χ1v) is 12.8. The van der Waals surface area contributed by atoms with Crippen LogP contribution in [-0.2, 0) is 20.7 Å². The number of nitrogens with one attached hydrogen (secondary N) is 1. The molecular weight excluding hydrogens is 484 g/mol. The van der Waals surface area contributed by atoms with Crippen LogP contribution < -0.4 is 14.8 Å². The Morgan fingerprint density at radius 3 is 2.74 bits per heavy atom. The van der Waals surface area contributed by atoms with Crippen LogP contribution in [0.5, 0.6) is 11.5 Å². The number of thioether (sulfide) groups is 1. The molecule has 0 spiro atoms. The summed E-state index contributed by atoms with van der Waals surface area (Å²) >= 11 is 6.71. The van der Waals surface area contributed by atoms with E-state index in [9.17, 15) is 9.59 Å². The van der Waals surface area contributed by atoms with Gasteiger partial charge in [0.05, 0.1) is 24.7 Å². The number of nitrogens with zero attached hydrogens (tertiary/aromatic N) is 1. The van der Waals surface area contributed by atoms with Crippen LogP contribution in [-0.4, -0.2) is 54.0 Å². The topological polar surface area (TPSA) is 77.1 Å². The Bertz CT molecular complexity index is 1130. The maximum absolute atomic E-state index is 12.9. The molecule has 0 aromatic heterocycles. The van der Waals surface area contributed by atoms with Crippen molar-refractivity contribution in [1.82, 2.24) is 4.90 Å². The van der Waals surface area contributed by atoms with Crippen LogP contribution in [0.25, 0.3) is 6.08 Å². The largest absolute Gasteiger partial charge is 0.493 e. The predicted octanol–water partition coefficient (Wildman–Crippen LogP) is 4.66. The molecule has 0 aliphatic carbocycles. The Morgan fingerprint density at radius 2 is 2.06 bits per heavy atom. The van der Waals surface area contributed by atoms with Crippen LogP contribution >= 0.6 is 24.0 Å². The van der Waals surface area contributed by atoms with Crippen molar-refractivity contribution in [3.63, 3.8) is 0 Å². The fourth-order valence-corrected chi connectivity index (χ4v) is 5.13. The molecule has 1 atom stereocenters. The smallest absolute Gasteiger partial charge is 0.266 e. The standard InChI is InChI=1S/C26H28N2O5S2/c1-3-17-6-9-19(10-7-17)27-24(29)16-33-21-11-8-18(13-22(21)31-2)14-23-25(30)28(26(34)35-23)15-20-5-4-12-32-20/h6-11,13-14,20H,3-5,12,15-16H2,1-2H3,(H,27,29)/b23-14-/t20-/m0/s1. The van der Waals surface area contributed by atoms with Crippen LogP contribution in [0.2, 0.25) is 0 Å². The minimum absolute atomic E-state index is 0.0429. The van der Waals surface area contributed by atoms with Gasteiger partial charge in [0.15, 0.2) is 18.1 Å². The van der Waals surface area contributed by atoms with Crippen molar-refractivity contribution in [3.05, 3.63) is 58.5 Å². The van der Waals surface area contributed by atoms with E-state index < -0.39 is 0 Å². The van der Waals surface area contributed by atoms with E-state index in [4.69, 9.17) is 26.4 Å². The molecule has 2 heterocycles. The molecular formula is C26H28N2O5S2. The SMILES string of the molecule is CCc1ccc(NC(=O)COc2ccc(/C=C3\SC(=S)N(C[C@@H]4CCCO4)C3=O)cc2OC)cc1. The number of benzene rings is 2. The molecule has 2 aromatic carbocycles. The minimum Gasteiger partial charge on any atom is -0.493 e. The molecule has 2 aromatic rings. The number of methoxy groups -OCH3 is 1. The molecule has 0 saturated carbocycles. The number of thiocarbonyl (C=S) groups is 1. The number of amides is 2. The van der Waals surface area contributed by atoms with Crippen molar-refractivity contribution < 1.29 is 23.8 Å². The summed E-state index contributed by atoms with van der Waals surface area (Å²) in [5, 5.41) is 2.82. The van der Waals surface area contributed by atoms with Gasteiger partial charge in [-0.2, -0.15) is 0 Å². The van der Waals surface area contributed by atoms with Crippen LogP contribution in [0.4, 0.5) is 5.69 Å². The van der Waals surface area contributed by atoms with Gasteiger partial charge in [0.1, 0.15) is 4.32 Å². The van der Waals surface area contributed by atoms with Gasteiger partial charge in [0, 0.05) is 12.3 Å². The van der Waals surface area contributed by atoms with E-state index in [0.717, 1.165) is 37.1 Å². The number of hydrogen-bond donors (Lipinski definition) is 1. The third-order valence-corrected chi connectivity index (χ3v) is 7.15. The highest BCUT2D eigenvalue weighted by molar-refractivity contribution is 8.26. The van der Waals surface area contributed by atoms with Gasteiger partial charge in [-0.25, -0.2) is 0 Å². The highest BCUT2D eigenvalue weighted by atomic mass is 32.2. The fraction of sp³-hybridized carbons (Fsp3) is 0.346. The highest BCUT2D eigenvalue weighted by Crippen LogP contribution is 2.35. The minimum atomic E-state index is -0.268. The molecule has 2 saturated heterocycles. The van der Waals surface area contributed by atoms with Crippen molar-refractivity contribution in [2.45, 2.75) is 32.3 Å². The monoisotopic (exact) mass is 512 g/mol. The molecule has 0 bridgehead atoms. The third-order valence-electron chi connectivity index (χ3n) is 5.77. The Balaban J connectivity index is 1.37. The number of carbonyl (C=O) groups excluding carboxylic acids is 2. The van der Waals surface area contributed by atoms with E-state index in [1.54, 1.807) is 23.1 Å². The molecule has 7 nitrogen and oxygen atoms in total. The average Bonchev–Trinajstić information content (AvgIpc) is 3.47. The van der Waals surface area contributed by atoms with Gasteiger partial charge in [-0.1, -0.05) is 49.1 Å². The van der Waals surface area contributed by atoms with Gasteiger partial charge in [0.2, 0.25) is 0 Å². The number of anilines is 1. The first kappa shape index (κ1) is 25.2. The maximum Gasteiger partial charge on any atom is 0.266 e. The molecule has 0 unspecified atom stereocenters. The molecule has 1 N–H and O–H groups in total. The first-order chi connectivity index (χ1) is 17.0. The van der Waals surface area contributed by atoms with Crippen LogP contribution in [0.3, 0.4) is 0 Å². The first-order valence-electron chi connectivity index (χ1n) is 11.5. The lowest BCUT2D eigenvalue weighted by Gasteiger charge is -2.18. The van der Waals surface area contributed by atoms with Crippen LogP contribution in [0, 0.1) is 0 Å². The van der Waals surface area contributed by atoms with Gasteiger partial charge >= 0.3 is 0 Å². The van der Waals surface area contributed by atoms with E-state index >= 15 is 0 Å². The summed E-state index contributed by atoms with van der Waals surface area (Å²) in [7, 11) is 1.53. The second-order valence-electron chi connectivity index (χ2n) is 8.22. The van der Waals surface area contributed by atoms with E-state index in [1.807, 2.05) is 30.3 Å². The number of rotatable bonds is 9. The molecule has 0 radical (unpaired) electrons. The fourth-order valence-electron chi connectivity index (χ4n) is 3.86. The van der Waals surface area contributed by atoms with E-state index in [2.05, 4.69) is 12.2 Å². The van der Waals surface area contributed by atoms with Crippen LogP contribution in [0.1, 0.15) is 30.9 Å². The Hall–Kier alpha value is -2.88. The molecule has 2 fully saturated rings. The summed E-state index contributed by atoms with van der Waals surface area (Å²) in [5.41, 5.74) is 2.69. The van der Waals surface area contributed by atoms with Gasteiger partial charge in [-0.3, -0.25) is 14.5 Å². The van der Waals surface area contributed by atoms with E-state index in [0.29, 0.717) is 27.3 Å². The van der Waals surface area contributed by atoms with Crippen molar-refractivity contribution in [1.29, 1.82) is 0 Å². The molecule has 35 heavy (non-hydrogen) atoms. The zero-order valence-electron chi connectivity index (χ0n) is 19.7. The zero-order valence-corrected chi connectivity index (χ0v) is 21.4. The summed E-state index contributed by atoms with van der Waals surface area (Å²) in [6.45, 7) is 3.14. The second kappa shape index (κ2) is 11.7. The van der Waals surface area contributed by atoms with E-state index in [1.165, 1.54) is 24.4 Å². The lowest BCUT2D eigenvalue weighted by Crippen LogP contribution is -2.35. The predicted molar refractivity (Wildman–Crippen MR) is 142 cm³/mol. The second-order valence-corrected chi connectivity index (χ2v) is 9.90. The lowest BCUT2D eigenvalue weighted by atomic mass is 10.1. The van der Waals surface area contributed by atoms with Crippen molar-refractivity contribution in [3.8, 4) is 11.5 Å². The van der Waals surface area contributed by atoms with Gasteiger partial charge in [-0.15, -0.1) is 0 Å². The number of aryl methyl sites for hydroxylation is 1. The number of carbonyl (C=O) groups is 2. The van der Waals surface area contributed by atoms with Gasteiger partial charge in [0.25, 0.3) is 11.8 Å². The Morgan fingerprint density at radius 1 is 1.26 bits per heavy atom. The molecule has 2 aliphatic rings. The summed E-state index contributed by atoms with van der Waals surface area (Å²) in [6, 6.07) is 13.0. The molecule has 2 aliphatic heterocycles. The van der Waals surface area contributed by atoms with Gasteiger partial charge in [-0.05, 0) is 60.7 Å². The highest BCUT2D eigenvalue weighted by Gasteiger charge is 2.34. The molecule has 2 amide bonds. The zero-order chi connectivity index (χ0) is 24.8. The summed E-state index contributed by atoms with van der Waals surface area (Å²) in [6.07, 6.45) is 4.72. The van der Waals surface area contributed by atoms with E-state index in [-0.39, 0.29) is 24.5 Å². The number of hydrogen-bond acceptors (Lipinski definition) is 7.